The molecule has 0 atom stereocenters. The number of nitrogens with one attached hydrogen (secondary N) is 2. The summed E-state index contributed by atoms with van der Waals surface area (Å²) in [5.41, 5.74) is 3.91. The highest BCUT2D eigenvalue weighted by molar-refractivity contribution is 7.80. The molecule has 2 N–H and O–H groups in total. The van der Waals surface area contributed by atoms with E-state index in [2.05, 4.69) is 28.8 Å². The second-order valence-corrected chi connectivity index (χ2v) is 6.34. The minimum Gasteiger partial charge on any atom is -0.332 e. The first kappa shape index (κ1) is 16.8. The zero-order valence-corrected chi connectivity index (χ0v) is 14.9. The van der Waals surface area contributed by atoms with Crippen molar-refractivity contribution in [3.8, 4) is 11.1 Å². The van der Waals surface area contributed by atoms with Gasteiger partial charge in [-0.3, -0.25) is 0 Å². The Labute approximate surface area is 156 Å². The molecule has 0 aromatic heterocycles. The number of benzene rings is 3. The van der Waals surface area contributed by atoms with Gasteiger partial charge in [0.05, 0.1) is 10.0 Å². The van der Waals surface area contributed by atoms with Crippen LogP contribution < -0.4 is 10.6 Å². The molecule has 0 bridgehead atoms. The molecule has 0 spiro atoms. The summed E-state index contributed by atoms with van der Waals surface area (Å²) in [6.45, 7) is 0. The maximum Gasteiger partial charge on any atom is 0.175 e. The summed E-state index contributed by atoms with van der Waals surface area (Å²) in [5.74, 6) is 0. The fourth-order valence-electron chi connectivity index (χ4n) is 2.32. The Balaban J connectivity index is 1.79. The summed E-state index contributed by atoms with van der Waals surface area (Å²) >= 11 is 17.4. The van der Waals surface area contributed by atoms with Gasteiger partial charge < -0.3 is 10.6 Å². The predicted molar refractivity (Wildman–Crippen MR) is 108 cm³/mol. The van der Waals surface area contributed by atoms with E-state index in [1.165, 1.54) is 0 Å². The number of thiocarbonyl (C=S) groups is 1. The van der Waals surface area contributed by atoms with Crippen molar-refractivity contribution >= 4 is 51.9 Å². The monoisotopic (exact) mass is 372 g/mol. The van der Waals surface area contributed by atoms with Crippen LogP contribution in [0.1, 0.15) is 0 Å². The Morgan fingerprint density at radius 2 is 1.46 bits per heavy atom. The van der Waals surface area contributed by atoms with Crippen molar-refractivity contribution in [1.29, 1.82) is 0 Å². The first-order valence-corrected chi connectivity index (χ1v) is 8.47. The van der Waals surface area contributed by atoms with Crippen LogP contribution in [-0.2, 0) is 0 Å². The number of para-hydroxylation sites is 1. The SMILES string of the molecule is S=C(Nc1ccc(Cl)c(Cl)c1)Nc1ccccc1-c1ccccc1. The van der Waals surface area contributed by atoms with Crippen molar-refractivity contribution in [2.45, 2.75) is 0 Å². The topological polar surface area (TPSA) is 24.1 Å². The molecule has 2 nitrogen and oxygen atoms in total. The molecule has 120 valence electrons. The third-order valence-electron chi connectivity index (χ3n) is 3.44. The fourth-order valence-corrected chi connectivity index (χ4v) is 2.85. The molecule has 3 rings (SSSR count). The van der Waals surface area contributed by atoms with Crippen LogP contribution in [0.4, 0.5) is 11.4 Å². The second kappa shape index (κ2) is 7.67. The van der Waals surface area contributed by atoms with Gasteiger partial charge in [-0.25, -0.2) is 0 Å². The lowest BCUT2D eigenvalue weighted by Gasteiger charge is -2.14. The number of halogens is 2. The molecule has 0 heterocycles. The third kappa shape index (κ3) is 4.06. The maximum atomic E-state index is 6.03. The van der Waals surface area contributed by atoms with Gasteiger partial charge >= 0.3 is 0 Å². The first-order valence-electron chi connectivity index (χ1n) is 7.31. The van der Waals surface area contributed by atoms with Crippen molar-refractivity contribution in [1.82, 2.24) is 0 Å². The van der Waals surface area contributed by atoms with Crippen LogP contribution >= 0.6 is 35.4 Å². The highest BCUT2D eigenvalue weighted by Gasteiger charge is 2.07. The Hall–Kier alpha value is -2.07. The lowest BCUT2D eigenvalue weighted by molar-refractivity contribution is 1.57. The third-order valence-corrected chi connectivity index (χ3v) is 4.38. The van der Waals surface area contributed by atoms with Crippen LogP contribution in [0, 0.1) is 0 Å². The summed E-state index contributed by atoms with van der Waals surface area (Å²) < 4.78 is 0. The van der Waals surface area contributed by atoms with Gasteiger partial charge in [0, 0.05) is 16.9 Å². The van der Waals surface area contributed by atoms with Gasteiger partial charge in [0.2, 0.25) is 0 Å². The van der Waals surface area contributed by atoms with Crippen molar-refractivity contribution in [2.75, 3.05) is 10.6 Å². The van der Waals surface area contributed by atoms with Crippen LogP contribution in [0.25, 0.3) is 11.1 Å². The zero-order chi connectivity index (χ0) is 16.9. The fraction of sp³-hybridized carbons (Fsp3) is 0. The highest BCUT2D eigenvalue weighted by atomic mass is 35.5. The van der Waals surface area contributed by atoms with E-state index in [0.29, 0.717) is 15.2 Å². The molecule has 24 heavy (non-hydrogen) atoms. The number of rotatable bonds is 3. The van der Waals surface area contributed by atoms with Crippen LogP contribution in [0.2, 0.25) is 10.0 Å². The molecule has 0 fully saturated rings. The molecule has 0 aliphatic rings. The minimum absolute atomic E-state index is 0.481. The van der Waals surface area contributed by atoms with E-state index in [1.807, 2.05) is 42.5 Å². The van der Waals surface area contributed by atoms with E-state index in [1.54, 1.807) is 12.1 Å². The number of hydrogen-bond acceptors (Lipinski definition) is 1. The van der Waals surface area contributed by atoms with Gasteiger partial charge in [0.25, 0.3) is 0 Å². The Morgan fingerprint density at radius 3 is 2.21 bits per heavy atom. The maximum absolute atomic E-state index is 6.03. The standard InChI is InChI=1S/C19H14Cl2N2S/c20-16-11-10-14(12-17(16)21)22-19(24)23-18-9-5-4-8-15(18)13-6-2-1-3-7-13/h1-12H,(H2,22,23,24). The van der Waals surface area contributed by atoms with E-state index in [0.717, 1.165) is 22.5 Å². The summed E-state index contributed by atoms with van der Waals surface area (Å²) in [6.07, 6.45) is 0. The average molecular weight is 373 g/mol. The van der Waals surface area contributed by atoms with Gasteiger partial charge in [-0.15, -0.1) is 0 Å². The van der Waals surface area contributed by atoms with Crippen molar-refractivity contribution in [2.24, 2.45) is 0 Å². The van der Waals surface area contributed by atoms with Gasteiger partial charge in [0.15, 0.2) is 5.11 Å². The van der Waals surface area contributed by atoms with Crippen LogP contribution in [0.5, 0.6) is 0 Å². The van der Waals surface area contributed by atoms with Crippen LogP contribution in [0.3, 0.4) is 0 Å². The molecule has 0 aliphatic heterocycles. The van der Waals surface area contributed by atoms with Crippen molar-refractivity contribution < 1.29 is 0 Å². The molecular weight excluding hydrogens is 359 g/mol. The van der Waals surface area contributed by atoms with Crippen molar-refractivity contribution in [3.63, 3.8) is 0 Å². The number of hydrogen-bond donors (Lipinski definition) is 2. The lowest BCUT2D eigenvalue weighted by atomic mass is 10.0. The van der Waals surface area contributed by atoms with Crippen molar-refractivity contribution in [3.05, 3.63) is 82.8 Å². The van der Waals surface area contributed by atoms with E-state index >= 15 is 0 Å². The van der Waals surface area contributed by atoms with E-state index < -0.39 is 0 Å². The molecule has 3 aromatic rings. The number of anilines is 2. The van der Waals surface area contributed by atoms with Gasteiger partial charge in [0.1, 0.15) is 0 Å². The average Bonchev–Trinajstić information content (AvgIpc) is 2.59. The van der Waals surface area contributed by atoms with Gasteiger partial charge in [-0.2, -0.15) is 0 Å². The first-order chi connectivity index (χ1) is 11.6. The molecule has 0 unspecified atom stereocenters. The van der Waals surface area contributed by atoms with E-state index in [-0.39, 0.29) is 0 Å². The zero-order valence-electron chi connectivity index (χ0n) is 12.6. The summed E-state index contributed by atoms with van der Waals surface area (Å²) in [7, 11) is 0. The molecule has 0 saturated carbocycles. The molecule has 0 radical (unpaired) electrons. The molecule has 0 amide bonds. The van der Waals surface area contributed by atoms with E-state index in [9.17, 15) is 0 Å². The summed E-state index contributed by atoms with van der Waals surface area (Å²) in [5, 5.41) is 7.82. The van der Waals surface area contributed by atoms with Gasteiger partial charge in [-0.1, -0.05) is 71.7 Å². The Kier molecular flexibility index (Phi) is 5.36. The predicted octanol–water partition coefficient (Wildman–Crippen LogP) is 6.47. The molecular formula is C19H14Cl2N2S. The van der Waals surface area contributed by atoms with Crippen LogP contribution in [0.15, 0.2) is 72.8 Å². The van der Waals surface area contributed by atoms with Crippen LogP contribution in [-0.4, -0.2) is 5.11 Å². The smallest absolute Gasteiger partial charge is 0.175 e. The minimum atomic E-state index is 0.481. The summed E-state index contributed by atoms with van der Waals surface area (Å²) in [4.78, 5) is 0. The highest BCUT2D eigenvalue weighted by Crippen LogP contribution is 2.28. The Morgan fingerprint density at radius 1 is 0.750 bits per heavy atom. The largest absolute Gasteiger partial charge is 0.332 e. The summed E-state index contributed by atoms with van der Waals surface area (Å²) in [6, 6.07) is 23.5. The second-order valence-electron chi connectivity index (χ2n) is 5.12. The van der Waals surface area contributed by atoms with Gasteiger partial charge in [-0.05, 0) is 42.0 Å². The quantitative estimate of drug-likeness (QED) is 0.515. The molecule has 0 aliphatic carbocycles. The lowest BCUT2D eigenvalue weighted by Crippen LogP contribution is -2.19. The molecule has 0 saturated heterocycles. The molecule has 3 aromatic carbocycles. The normalized spacial score (nSPS) is 10.2. The Bertz CT molecular complexity index is 866. The van der Waals surface area contributed by atoms with E-state index in [4.69, 9.17) is 35.4 Å². The molecule has 5 heteroatoms.